The third kappa shape index (κ3) is 2.70. The van der Waals surface area contributed by atoms with Crippen LogP contribution in [-0.4, -0.2) is 51.0 Å². The van der Waals surface area contributed by atoms with Gasteiger partial charge in [-0.1, -0.05) is 0 Å². The summed E-state index contributed by atoms with van der Waals surface area (Å²) < 4.78 is 10.3. The van der Waals surface area contributed by atoms with Gasteiger partial charge in [0.05, 0.1) is 13.2 Å². The number of carbonyl (C=O) groups excluding carboxylic acids is 2. The van der Waals surface area contributed by atoms with Crippen LogP contribution in [0.3, 0.4) is 0 Å². The molecule has 0 radical (unpaired) electrons. The number of hydrogen-bond donors (Lipinski definition) is 1. The summed E-state index contributed by atoms with van der Waals surface area (Å²) in [6.45, 7) is 2.27. The van der Waals surface area contributed by atoms with Crippen LogP contribution >= 0.6 is 0 Å². The van der Waals surface area contributed by atoms with Crippen LogP contribution in [0.1, 0.15) is 0 Å². The number of nitrogens with zero attached hydrogens (tertiary/aromatic N) is 2. The minimum Gasteiger partial charge on any atom is -0.438 e. The molecule has 2 heterocycles. The molecule has 21 heavy (non-hydrogen) atoms. The van der Waals surface area contributed by atoms with Crippen molar-refractivity contribution in [2.75, 3.05) is 42.6 Å². The summed E-state index contributed by atoms with van der Waals surface area (Å²) >= 11 is 0. The second-order valence-corrected chi connectivity index (χ2v) is 5.02. The molecule has 1 aromatic rings. The molecule has 7 heteroatoms. The first-order valence-corrected chi connectivity index (χ1v) is 6.94. The Bertz CT molecular complexity index is 546. The van der Waals surface area contributed by atoms with Gasteiger partial charge in [0.2, 0.25) is 0 Å². The lowest BCUT2D eigenvalue weighted by Gasteiger charge is -2.27. The van der Waals surface area contributed by atoms with Gasteiger partial charge >= 0.3 is 6.09 Å². The quantitative estimate of drug-likeness (QED) is 0.822. The molecule has 2 fully saturated rings. The fourth-order valence-corrected chi connectivity index (χ4v) is 2.49. The summed E-state index contributed by atoms with van der Waals surface area (Å²) in [6, 6.07) is 7.32. The lowest BCUT2D eigenvalue weighted by molar-refractivity contribution is -0.380. The summed E-state index contributed by atoms with van der Waals surface area (Å²) in [5.74, 6) is -0.0493. The van der Waals surface area contributed by atoms with Crippen LogP contribution in [0.15, 0.2) is 24.3 Å². The van der Waals surface area contributed by atoms with Crippen LogP contribution < -0.4 is 15.5 Å². The largest absolute Gasteiger partial charge is 0.438 e. The Morgan fingerprint density at radius 1 is 1.14 bits per heavy atom. The monoisotopic (exact) mass is 292 g/mol. The van der Waals surface area contributed by atoms with Gasteiger partial charge in [-0.2, -0.15) is 0 Å². The minimum atomic E-state index is -0.348. The number of carbonyl (C=O) groups is 2. The van der Waals surface area contributed by atoms with E-state index in [4.69, 9.17) is 9.47 Å². The first-order valence-electron chi connectivity index (χ1n) is 6.94. The van der Waals surface area contributed by atoms with Crippen molar-refractivity contribution < 1.29 is 24.8 Å². The minimum absolute atomic E-state index is 0.0493. The second-order valence-electron chi connectivity index (χ2n) is 5.02. The number of morpholine rings is 1. The molecule has 2 amide bonds. The van der Waals surface area contributed by atoms with Crippen molar-refractivity contribution in [3.63, 3.8) is 0 Å². The molecular formula is C14H18N3O4+. The molecular weight excluding hydrogens is 274 g/mol. The van der Waals surface area contributed by atoms with Gasteiger partial charge in [0.25, 0.3) is 5.91 Å². The Balaban J connectivity index is 1.75. The van der Waals surface area contributed by atoms with Gasteiger partial charge in [0.15, 0.2) is 6.10 Å². The van der Waals surface area contributed by atoms with E-state index in [1.165, 1.54) is 0 Å². The van der Waals surface area contributed by atoms with Gasteiger partial charge in [-0.15, -0.1) is 0 Å². The van der Waals surface area contributed by atoms with Crippen molar-refractivity contribution in [2.24, 2.45) is 0 Å². The molecule has 1 atom stereocenters. The van der Waals surface area contributed by atoms with E-state index in [0.717, 1.165) is 11.4 Å². The first kappa shape index (κ1) is 13.8. The van der Waals surface area contributed by atoms with Crippen LogP contribution in [0.4, 0.5) is 16.2 Å². The summed E-state index contributed by atoms with van der Waals surface area (Å²) in [4.78, 5) is 26.8. The van der Waals surface area contributed by atoms with Crippen molar-refractivity contribution in [2.45, 2.75) is 6.10 Å². The van der Waals surface area contributed by atoms with E-state index in [9.17, 15) is 9.59 Å². The Kier molecular flexibility index (Phi) is 3.76. The van der Waals surface area contributed by atoms with Gasteiger partial charge in [-0.25, -0.2) is 4.79 Å². The number of anilines is 2. The van der Waals surface area contributed by atoms with E-state index in [0.29, 0.717) is 26.2 Å². The molecule has 2 aliphatic heterocycles. The Hall–Kier alpha value is -2.12. The lowest BCUT2D eigenvalue weighted by Crippen LogP contribution is -2.56. The molecule has 0 spiro atoms. The number of ether oxygens (including phenoxy) is 2. The summed E-state index contributed by atoms with van der Waals surface area (Å²) in [5.41, 5.74) is 5.33. The molecule has 1 unspecified atom stereocenters. The van der Waals surface area contributed by atoms with Crippen molar-refractivity contribution in [3.05, 3.63) is 24.3 Å². The highest BCUT2D eigenvalue weighted by Crippen LogP contribution is 2.25. The van der Waals surface area contributed by atoms with Crippen molar-refractivity contribution in [1.29, 1.82) is 0 Å². The molecule has 1 aromatic carbocycles. The number of benzene rings is 1. The highest BCUT2D eigenvalue weighted by Gasteiger charge is 2.32. The molecule has 7 nitrogen and oxygen atoms in total. The van der Waals surface area contributed by atoms with E-state index in [1.807, 2.05) is 24.3 Å². The van der Waals surface area contributed by atoms with Gasteiger partial charge in [-0.05, 0) is 24.3 Å². The Morgan fingerprint density at radius 2 is 1.81 bits per heavy atom. The molecule has 0 bridgehead atoms. The molecule has 0 aliphatic carbocycles. The van der Waals surface area contributed by atoms with Gasteiger partial charge in [0.1, 0.15) is 13.2 Å². The van der Waals surface area contributed by atoms with E-state index >= 15 is 0 Å². The van der Waals surface area contributed by atoms with E-state index in [-0.39, 0.29) is 24.7 Å². The normalized spacial score (nSPS) is 22.6. The molecule has 2 aliphatic rings. The van der Waals surface area contributed by atoms with Gasteiger partial charge in [-0.3, -0.25) is 9.69 Å². The number of quaternary nitrogens is 1. The predicted octanol–water partition coefficient (Wildman–Crippen LogP) is -0.383. The standard InChI is InChI=1S/C14H17N3O4/c15-7-12-8-17(14(19)21-12)11-3-1-10(2-4-11)16-5-6-20-9-13(16)18/h1-4,12H,5-9,15H2/p+1. The lowest BCUT2D eigenvalue weighted by atomic mass is 10.2. The Morgan fingerprint density at radius 3 is 2.38 bits per heavy atom. The maximum atomic E-state index is 11.8. The summed E-state index contributed by atoms with van der Waals surface area (Å²) in [6.07, 6.45) is -0.503. The van der Waals surface area contributed by atoms with E-state index in [2.05, 4.69) is 5.73 Å². The van der Waals surface area contributed by atoms with E-state index in [1.54, 1.807) is 9.80 Å². The first-order chi connectivity index (χ1) is 10.2. The molecule has 2 saturated heterocycles. The summed E-state index contributed by atoms with van der Waals surface area (Å²) in [5, 5.41) is 0. The number of hydrogen-bond acceptors (Lipinski definition) is 4. The SMILES string of the molecule is [NH3+]CC1CN(c2ccc(N3CCOCC3=O)cc2)C(=O)O1. The van der Waals surface area contributed by atoms with Crippen molar-refractivity contribution in [3.8, 4) is 0 Å². The molecule has 0 saturated carbocycles. The summed E-state index contributed by atoms with van der Waals surface area (Å²) in [7, 11) is 0. The van der Waals surface area contributed by atoms with Crippen LogP contribution in [0.5, 0.6) is 0 Å². The third-order valence-electron chi connectivity index (χ3n) is 3.65. The van der Waals surface area contributed by atoms with E-state index < -0.39 is 0 Å². The smallest absolute Gasteiger partial charge is 0.414 e. The van der Waals surface area contributed by atoms with Crippen LogP contribution in [0.25, 0.3) is 0 Å². The Labute approximate surface area is 122 Å². The highest BCUT2D eigenvalue weighted by atomic mass is 16.6. The van der Waals surface area contributed by atoms with Crippen LogP contribution in [0, 0.1) is 0 Å². The maximum absolute atomic E-state index is 11.8. The number of cyclic esters (lactones) is 1. The topological polar surface area (TPSA) is 86.7 Å². The molecule has 112 valence electrons. The molecule has 0 aromatic heterocycles. The van der Waals surface area contributed by atoms with Crippen molar-refractivity contribution >= 4 is 23.4 Å². The zero-order valence-corrected chi connectivity index (χ0v) is 11.7. The number of amides is 2. The average molecular weight is 292 g/mol. The zero-order valence-electron chi connectivity index (χ0n) is 11.7. The fraction of sp³-hybridized carbons (Fsp3) is 0.429. The zero-order chi connectivity index (χ0) is 14.8. The predicted molar refractivity (Wildman–Crippen MR) is 75.0 cm³/mol. The van der Waals surface area contributed by atoms with Crippen LogP contribution in [-0.2, 0) is 14.3 Å². The highest BCUT2D eigenvalue weighted by molar-refractivity contribution is 5.95. The second kappa shape index (κ2) is 5.71. The molecule has 3 N–H and O–H groups in total. The van der Waals surface area contributed by atoms with Crippen molar-refractivity contribution in [1.82, 2.24) is 0 Å². The molecule has 3 rings (SSSR count). The maximum Gasteiger partial charge on any atom is 0.414 e. The third-order valence-corrected chi connectivity index (χ3v) is 3.65. The fourth-order valence-electron chi connectivity index (χ4n) is 2.49. The van der Waals surface area contributed by atoms with Crippen LogP contribution in [0.2, 0.25) is 0 Å². The van der Waals surface area contributed by atoms with Gasteiger partial charge in [0, 0.05) is 17.9 Å². The average Bonchev–Trinajstić information content (AvgIpc) is 2.89. The number of rotatable bonds is 3. The van der Waals surface area contributed by atoms with Gasteiger partial charge < -0.3 is 20.1 Å².